The fraction of sp³-hybridized carbons (Fsp3) is 0.889. The van der Waals surface area contributed by atoms with E-state index in [4.69, 9.17) is 14.6 Å². The summed E-state index contributed by atoms with van der Waals surface area (Å²) in [5.41, 5.74) is -1.15. The average molecular weight is 188 g/mol. The average Bonchev–Trinajstić information content (AvgIpc) is 2.05. The standard InChI is InChI=1S/C9H16O4/c1-9(2,8(10)11)13-7-5-3-4-6-12-7/h7H,3-6H2,1-2H3,(H,10,11). The fourth-order valence-electron chi connectivity index (χ4n) is 1.18. The number of rotatable bonds is 3. The van der Waals surface area contributed by atoms with E-state index >= 15 is 0 Å². The van der Waals surface area contributed by atoms with Gasteiger partial charge in [0.1, 0.15) is 0 Å². The van der Waals surface area contributed by atoms with Crippen LogP contribution in [0.4, 0.5) is 0 Å². The van der Waals surface area contributed by atoms with Crippen LogP contribution in [0.3, 0.4) is 0 Å². The Labute approximate surface area is 77.8 Å². The van der Waals surface area contributed by atoms with Crippen LogP contribution in [0.5, 0.6) is 0 Å². The summed E-state index contributed by atoms with van der Waals surface area (Å²) in [5.74, 6) is -0.957. The van der Waals surface area contributed by atoms with E-state index < -0.39 is 11.6 Å². The quantitative estimate of drug-likeness (QED) is 0.727. The first-order valence-electron chi connectivity index (χ1n) is 4.55. The van der Waals surface area contributed by atoms with Gasteiger partial charge in [-0.25, -0.2) is 4.79 Å². The summed E-state index contributed by atoms with van der Waals surface area (Å²) in [6.07, 6.45) is 2.52. The minimum atomic E-state index is -1.15. The zero-order chi connectivity index (χ0) is 9.90. The van der Waals surface area contributed by atoms with Crippen molar-refractivity contribution in [1.29, 1.82) is 0 Å². The lowest BCUT2D eigenvalue weighted by molar-refractivity contribution is -0.223. The molecule has 0 saturated carbocycles. The summed E-state index contributed by atoms with van der Waals surface area (Å²) in [4.78, 5) is 10.7. The molecule has 1 atom stereocenters. The molecule has 0 spiro atoms. The number of hydrogen-bond donors (Lipinski definition) is 1. The number of carboxylic acids is 1. The highest BCUT2D eigenvalue weighted by atomic mass is 16.7. The first-order valence-corrected chi connectivity index (χ1v) is 4.55. The third-order valence-corrected chi connectivity index (χ3v) is 2.08. The molecule has 1 rings (SSSR count). The molecule has 0 bridgehead atoms. The molecule has 4 heteroatoms. The lowest BCUT2D eigenvalue weighted by Crippen LogP contribution is -2.40. The number of carbonyl (C=O) groups is 1. The van der Waals surface area contributed by atoms with Gasteiger partial charge in [0, 0.05) is 6.61 Å². The highest BCUT2D eigenvalue weighted by Gasteiger charge is 2.32. The zero-order valence-electron chi connectivity index (χ0n) is 8.08. The topological polar surface area (TPSA) is 55.8 Å². The molecule has 13 heavy (non-hydrogen) atoms. The Kier molecular flexibility index (Phi) is 3.27. The van der Waals surface area contributed by atoms with Crippen LogP contribution < -0.4 is 0 Å². The summed E-state index contributed by atoms with van der Waals surface area (Å²) in [5, 5.41) is 8.79. The van der Waals surface area contributed by atoms with Gasteiger partial charge < -0.3 is 14.6 Å². The number of hydrogen-bond acceptors (Lipinski definition) is 3. The van der Waals surface area contributed by atoms with E-state index in [1.54, 1.807) is 0 Å². The smallest absolute Gasteiger partial charge is 0.335 e. The Morgan fingerprint density at radius 3 is 2.69 bits per heavy atom. The third kappa shape index (κ3) is 2.97. The molecule has 0 amide bonds. The van der Waals surface area contributed by atoms with Gasteiger partial charge in [-0.3, -0.25) is 0 Å². The lowest BCUT2D eigenvalue weighted by atomic mass is 10.1. The van der Waals surface area contributed by atoms with Crippen molar-refractivity contribution in [3.63, 3.8) is 0 Å². The van der Waals surface area contributed by atoms with Gasteiger partial charge in [0.2, 0.25) is 0 Å². The molecule has 0 aromatic carbocycles. The maximum absolute atomic E-state index is 10.7. The largest absolute Gasteiger partial charge is 0.479 e. The molecule has 1 heterocycles. The molecular formula is C9H16O4. The second-order valence-corrected chi connectivity index (χ2v) is 3.73. The van der Waals surface area contributed by atoms with Crippen LogP contribution in [-0.2, 0) is 14.3 Å². The van der Waals surface area contributed by atoms with E-state index in [0.717, 1.165) is 19.3 Å². The van der Waals surface area contributed by atoms with Crippen molar-refractivity contribution in [3.8, 4) is 0 Å². The third-order valence-electron chi connectivity index (χ3n) is 2.08. The first-order chi connectivity index (χ1) is 6.02. The van der Waals surface area contributed by atoms with E-state index in [0.29, 0.717) is 6.61 Å². The second kappa shape index (κ2) is 4.07. The minimum absolute atomic E-state index is 0.347. The molecule has 0 aromatic heterocycles. The first kappa shape index (κ1) is 10.5. The molecule has 1 aliphatic rings. The summed E-state index contributed by atoms with van der Waals surface area (Å²) >= 11 is 0. The van der Waals surface area contributed by atoms with Crippen molar-refractivity contribution in [2.45, 2.75) is 45.0 Å². The number of carboxylic acid groups (broad SMARTS) is 1. The normalized spacial score (nSPS) is 24.3. The van der Waals surface area contributed by atoms with E-state index in [1.165, 1.54) is 13.8 Å². The van der Waals surface area contributed by atoms with Gasteiger partial charge in [-0.15, -0.1) is 0 Å². The zero-order valence-corrected chi connectivity index (χ0v) is 8.08. The van der Waals surface area contributed by atoms with Gasteiger partial charge in [-0.2, -0.15) is 0 Å². The highest BCUT2D eigenvalue weighted by molar-refractivity contribution is 5.76. The van der Waals surface area contributed by atoms with Crippen LogP contribution in [0.25, 0.3) is 0 Å². The predicted molar refractivity (Wildman–Crippen MR) is 46.4 cm³/mol. The molecule has 1 unspecified atom stereocenters. The Morgan fingerprint density at radius 2 is 2.23 bits per heavy atom. The highest BCUT2D eigenvalue weighted by Crippen LogP contribution is 2.20. The van der Waals surface area contributed by atoms with Crippen LogP contribution >= 0.6 is 0 Å². The molecule has 4 nitrogen and oxygen atoms in total. The van der Waals surface area contributed by atoms with E-state index in [9.17, 15) is 4.79 Å². The van der Waals surface area contributed by atoms with Gasteiger partial charge >= 0.3 is 5.97 Å². The predicted octanol–water partition coefficient (Wildman–Crippen LogP) is 1.39. The van der Waals surface area contributed by atoms with Gasteiger partial charge in [0.15, 0.2) is 11.9 Å². The van der Waals surface area contributed by atoms with Crippen LogP contribution in [0.15, 0.2) is 0 Å². The Bertz CT molecular complexity index is 182. The fourth-order valence-corrected chi connectivity index (χ4v) is 1.18. The van der Waals surface area contributed by atoms with Crippen molar-refractivity contribution in [1.82, 2.24) is 0 Å². The number of aliphatic carboxylic acids is 1. The lowest BCUT2D eigenvalue weighted by Gasteiger charge is -2.29. The summed E-state index contributed by atoms with van der Waals surface area (Å²) in [6, 6.07) is 0. The monoisotopic (exact) mass is 188 g/mol. The summed E-state index contributed by atoms with van der Waals surface area (Å²) in [6.45, 7) is 3.74. The summed E-state index contributed by atoms with van der Waals surface area (Å²) < 4.78 is 10.6. The van der Waals surface area contributed by atoms with Crippen LogP contribution in [0, 0.1) is 0 Å². The van der Waals surface area contributed by atoms with E-state index in [-0.39, 0.29) is 6.29 Å². The molecule has 1 saturated heterocycles. The van der Waals surface area contributed by atoms with E-state index in [1.807, 2.05) is 0 Å². The maximum atomic E-state index is 10.7. The van der Waals surface area contributed by atoms with Crippen molar-refractivity contribution in [2.24, 2.45) is 0 Å². The molecule has 1 aliphatic heterocycles. The molecular weight excluding hydrogens is 172 g/mol. The maximum Gasteiger partial charge on any atom is 0.335 e. The molecule has 76 valence electrons. The van der Waals surface area contributed by atoms with Crippen molar-refractivity contribution < 1.29 is 19.4 Å². The van der Waals surface area contributed by atoms with Crippen molar-refractivity contribution >= 4 is 5.97 Å². The van der Waals surface area contributed by atoms with E-state index in [2.05, 4.69) is 0 Å². The molecule has 1 N–H and O–H groups in total. The van der Waals surface area contributed by atoms with Crippen molar-refractivity contribution in [3.05, 3.63) is 0 Å². The van der Waals surface area contributed by atoms with Gasteiger partial charge in [-0.1, -0.05) is 0 Å². The van der Waals surface area contributed by atoms with Gasteiger partial charge in [0.05, 0.1) is 0 Å². The van der Waals surface area contributed by atoms with Gasteiger partial charge in [0.25, 0.3) is 0 Å². The molecule has 1 fully saturated rings. The van der Waals surface area contributed by atoms with Gasteiger partial charge in [-0.05, 0) is 33.1 Å². The van der Waals surface area contributed by atoms with Crippen LogP contribution in [0.1, 0.15) is 33.1 Å². The number of ether oxygens (including phenoxy) is 2. The Morgan fingerprint density at radius 1 is 1.54 bits per heavy atom. The minimum Gasteiger partial charge on any atom is -0.479 e. The second-order valence-electron chi connectivity index (χ2n) is 3.73. The molecule has 0 aromatic rings. The Hall–Kier alpha value is -0.610. The SMILES string of the molecule is CC(C)(OC1CCCCO1)C(=O)O. The van der Waals surface area contributed by atoms with Crippen LogP contribution in [0.2, 0.25) is 0 Å². The molecule has 0 radical (unpaired) electrons. The van der Waals surface area contributed by atoms with Crippen molar-refractivity contribution in [2.75, 3.05) is 6.61 Å². The molecule has 0 aliphatic carbocycles. The van der Waals surface area contributed by atoms with Crippen LogP contribution in [-0.4, -0.2) is 29.6 Å². The summed E-state index contributed by atoms with van der Waals surface area (Å²) in [7, 11) is 0. The Balaban J connectivity index is 2.41.